The quantitative estimate of drug-likeness (QED) is 0.0576. The van der Waals surface area contributed by atoms with Crippen molar-refractivity contribution < 1.29 is 47.7 Å². The van der Waals surface area contributed by atoms with Gasteiger partial charge >= 0.3 is 29.8 Å². The molecule has 4 aromatic carbocycles. The van der Waals surface area contributed by atoms with Gasteiger partial charge in [0.05, 0.1) is 18.9 Å². The van der Waals surface area contributed by atoms with Crippen molar-refractivity contribution in [1.82, 2.24) is 0 Å². The van der Waals surface area contributed by atoms with E-state index in [1.54, 1.807) is 30.3 Å². The number of hydrogen-bond donors (Lipinski definition) is 0. The van der Waals surface area contributed by atoms with Crippen LogP contribution in [0.2, 0.25) is 0 Å². The lowest BCUT2D eigenvalue weighted by molar-refractivity contribution is -0.153. The highest BCUT2D eigenvalue weighted by Crippen LogP contribution is 2.34. The number of carbonyl (C=O) groups excluding carboxylic acids is 5. The SMILES string of the molecule is CCCc1ccc(CCC(=O)OC2CCC(C(=O)Oc3ccc4cc(OC(=O)C5CCC(OC(=O)CCc6ccc(CCC)cc6)CC5)c(C(=O)OC)cc4c3)CC2)cc1. The minimum atomic E-state index is -0.673. The first-order valence-electron chi connectivity index (χ1n) is 21.7. The standard InChI is InChI=1S/C50H58O10/c1-4-6-33-8-12-35(13-9-33)16-28-46(51)57-41-23-18-37(19-24-41)48(53)59-43-27-22-39-32-45(44(50(55)56-3)31-40(39)30-43)60-49(54)38-20-25-42(26-21-38)58-47(52)29-17-36-14-10-34(7-5-2)11-15-36/h8-15,22,27,30-32,37-38,41-42H,4-7,16-21,23-26,28-29H2,1-3H3. The van der Waals surface area contributed by atoms with Crippen LogP contribution in [0, 0.1) is 11.8 Å². The predicted molar refractivity (Wildman–Crippen MR) is 228 cm³/mol. The largest absolute Gasteiger partial charge is 0.465 e. The van der Waals surface area contributed by atoms with E-state index in [-0.39, 0.29) is 47.3 Å². The maximum Gasteiger partial charge on any atom is 0.341 e. The summed E-state index contributed by atoms with van der Waals surface area (Å²) < 4.78 is 28.1. The van der Waals surface area contributed by atoms with Crippen molar-refractivity contribution in [1.29, 1.82) is 0 Å². The van der Waals surface area contributed by atoms with Crippen LogP contribution in [0.4, 0.5) is 0 Å². The summed E-state index contributed by atoms with van der Waals surface area (Å²) in [5.74, 6) is -2.30. The first-order valence-corrected chi connectivity index (χ1v) is 21.7. The van der Waals surface area contributed by atoms with Gasteiger partial charge in [0, 0.05) is 12.8 Å². The number of ether oxygens (including phenoxy) is 5. The zero-order valence-electron chi connectivity index (χ0n) is 35.2. The molecule has 60 heavy (non-hydrogen) atoms. The van der Waals surface area contributed by atoms with Crippen molar-refractivity contribution in [2.24, 2.45) is 11.8 Å². The van der Waals surface area contributed by atoms with Gasteiger partial charge in [0.25, 0.3) is 0 Å². The van der Waals surface area contributed by atoms with Crippen LogP contribution in [0.3, 0.4) is 0 Å². The van der Waals surface area contributed by atoms with Crippen LogP contribution in [0.25, 0.3) is 10.8 Å². The maximum absolute atomic E-state index is 13.4. The molecule has 2 aliphatic carbocycles. The van der Waals surface area contributed by atoms with Crippen LogP contribution in [-0.4, -0.2) is 49.2 Å². The van der Waals surface area contributed by atoms with Crippen molar-refractivity contribution >= 4 is 40.6 Å². The van der Waals surface area contributed by atoms with E-state index in [0.29, 0.717) is 93.6 Å². The average molecular weight is 819 g/mol. The minimum absolute atomic E-state index is 0.0715. The second-order valence-electron chi connectivity index (χ2n) is 16.3. The van der Waals surface area contributed by atoms with Gasteiger partial charge in [-0.2, -0.15) is 0 Å². The molecule has 0 bridgehead atoms. The van der Waals surface area contributed by atoms with Gasteiger partial charge in [-0.3, -0.25) is 19.2 Å². The molecular formula is C50H58O10. The average Bonchev–Trinajstić information content (AvgIpc) is 3.26. The number of hydrogen-bond acceptors (Lipinski definition) is 10. The molecule has 0 saturated heterocycles. The molecule has 0 aliphatic heterocycles. The van der Waals surface area contributed by atoms with Crippen LogP contribution in [0.15, 0.2) is 78.9 Å². The number of benzene rings is 4. The molecule has 2 fully saturated rings. The molecule has 10 heteroatoms. The molecule has 0 unspecified atom stereocenters. The molecule has 2 saturated carbocycles. The number of fused-ring (bicyclic) bond motifs is 1. The van der Waals surface area contributed by atoms with Crippen molar-refractivity contribution in [3.05, 3.63) is 107 Å². The van der Waals surface area contributed by atoms with Gasteiger partial charge in [-0.15, -0.1) is 0 Å². The fraction of sp³-hybridized carbons (Fsp3) is 0.460. The Morgan fingerprint density at radius 2 is 0.967 bits per heavy atom. The van der Waals surface area contributed by atoms with Gasteiger partial charge < -0.3 is 23.7 Å². The lowest BCUT2D eigenvalue weighted by Gasteiger charge is -2.27. The van der Waals surface area contributed by atoms with Gasteiger partial charge in [-0.1, -0.05) is 81.3 Å². The van der Waals surface area contributed by atoms with Crippen LogP contribution >= 0.6 is 0 Å². The lowest BCUT2D eigenvalue weighted by Crippen LogP contribution is -2.30. The van der Waals surface area contributed by atoms with E-state index in [1.807, 2.05) is 0 Å². The van der Waals surface area contributed by atoms with Crippen LogP contribution in [0.1, 0.15) is 124 Å². The summed E-state index contributed by atoms with van der Waals surface area (Å²) in [5.41, 5.74) is 4.87. The second-order valence-corrected chi connectivity index (χ2v) is 16.3. The van der Waals surface area contributed by atoms with Crippen molar-refractivity contribution in [3.8, 4) is 11.5 Å². The molecule has 6 rings (SSSR count). The first-order chi connectivity index (χ1) is 29.1. The highest BCUT2D eigenvalue weighted by atomic mass is 16.6. The summed E-state index contributed by atoms with van der Waals surface area (Å²) in [7, 11) is 1.25. The van der Waals surface area contributed by atoms with E-state index in [0.717, 1.165) is 36.8 Å². The highest BCUT2D eigenvalue weighted by Gasteiger charge is 2.32. The Kier molecular flexibility index (Phi) is 15.9. The van der Waals surface area contributed by atoms with Crippen molar-refractivity contribution in [2.45, 2.75) is 129 Å². The molecule has 0 atom stereocenters. The molecule has 0 amide bonds. The van der Waals surface area contributed by atoms with Crippen LogP contribution in [0.5, 0.6) is 11.5 Å². The van der Waals surface area contributed by atoms with Gasteiger partial charge in [0.1, 0.15) is 29.3 Å². The predicted octanol–water partition coefficient (Wildman–Crippen LogP) is 9.81. The Bertz CT molecular complexity index is 2090. The molecule has 4 aromatic rings. The summed E-state index contributed by atoms with van der Waals surface area (Å²) in [4.78, 5) is 64.6. The number of rotatable bonds is 17. The molecule has 2 aliphatic rings. The molecule has 0 spiro atoms. The normalized spacial score (nSPS) is 18.9. The van der Waals surface area contributed by atoms with E-state index in [2.05, 4.69) is 62.4 Å². The monoisotopic (exact) mass is 818 g/mol. The number of esters is 5. The molecule has 0 N–H and O–H groups in total. The third kappa shape index (κ3) is 12.5. The Balaban J connectivity index is 0.957. The summed E-state index contributed by atoms with van der Waals surface area (Å²) >= 11 is 0. The second kappa shape index (κ2) is 21.7. The fourth-order valence-electron chi connectivity index (χ4n) is 8.20. The zero-order chi connectivity index (χ0) is 42.4. The van der Waals surface area contributed by atoms with E-state index in [9.17, 15) is 24.0 Å². The number of aryl methyl sites for hydroxylation is 4. The third-order valence-corrected chi connectivity index (χ3v) is 11.7. The summed E-state index contributed by atoms with van der Waals surface area (Å²) in [6.45, 7) is 4.30. The summed E-state index contributed by atoms with van der Waals surface area (Å²) in [6, 6.07) is 25.0. The van der Waals surface area contributed by atoms with Gasteiger partial charge in [-0.25, -0.2) is 4.79 Å². The molecule has 10 nitrogen and oxygen atoms in total. The van der Waals surface area contributed by atoms with Crippen molar-refractivity contribution in [2.75, 3.05) is 7.11 Å². The Hall–Kier alpha value is -5.51. The molecule has 318 valence electrons. The Labute approximate surface area is 353 Å². The lowest BCUT2D eigenvalue weighted by atomic mass is 9.87. The van der Waals surface area contributed by atoms with E-state index >= 15 is 0 Å². The summed E-state index contributed by atoms with van der Waals surface area (Å²) in [5, 5.41) is 1.28. The molecule has 0 heterocycles. The Morgan fingerprint density at radius 3 is 1.42 bits per heavy atom. The first kappa shape index (κ1) is 44.1. The third-order valence-electron chi connectivity index (χ3n) is 11.7. The van der Waals surface area contributed by atoms with Crippen molar-refractivity contribution in [3.63, 3.8) is 0 Å². The van der Waals surface area contributed by atoms with Gasteiger partial charge in [-0.05, 0) is 134 Å². The van der Waals surface area contributed by atoms with E-state index in [1.165, 1.54) is 18.2 Å². The Morgan fingerprint density at radius 1 is 0.517 bits per heavy atom. The van der Waals surface area contributed by atoms with E-state index in [4.69, 9.17) is 23.7 Å². The van der Waals surface area contributed by atoms with Crippen LogP contribution < -0.4 is 9.47 Å². The fourth-order valence-corrected chi connectivity index (χ4v) is 8.20. The van der Waals surface area contributed by atoms with Crippen LogP contribution in [-0.2, 0) is 59.1 Å². The molecular weight excluding hydrogens is 761 g/mol. The molecule has 0 radical (unpaired) electrons. The highest BCUT2D eigenvalue weighted by molar-refractivity contribution is 6.00. The topological polar surface area (TPSA) is 132 Å². The zero-order valence-corrected chi connectivity index (χ0v) is 35.2. The number of methoxy groups -OCH3 is 1. The number of carbonyl (C=O) groups is 5. The smallest absolute Gasteiger partial charge is 0.341 e. The molecule has 0 aromatic heterocycles. The maximum atomic E-state index is 13.4. The summed E-state index contributed by atoms with van der Waals surface area (Å²) in [6.07, 6.45) is 10.0. The minimum Gasteiger partial charge on any atom is -0.465 e. The van der Waals surface area contributed by atoms with E-state index < -0.39 is 17.9 Å². The van der Waals surface area contributed by atoms with Gasteiger partial charge in [0.15, 0.2) is 0 Å². The van der Waals surface area contributed by atoms with Gasteiger partial charge in [0.2, 0.25) is 0 Å².